The van der Waals surface area contributed by atoms with Gasteiger partial charge in [0.15, 0.2) is 0 Å². The van der Waals surface area contributed by atoms with Crippen LogP contribution in [-0.2, 0) is 23.0 Å². The van der Waals surface area contributed by atoms with Gasteiger partial charge in [0.05, 0.1) is 22.6 Å². The highest BCUT2D eigenvalue weighted by molar-refractivity contribution is 7.89. The lowest BCUT2D eigenvalue weighted by molar-refractivity contribution is 0.0724. The summed E-state index contributed by atoms with van der Waals surface area (Å²) in [6.45, 7) is 2.95. The minimum atomic E-state index is -3.94. The molecule has 1 saturated heterocycles. The van der Waals surface area contributed by atoms with E-state index in [9.17, 15) is 18.0 Å². The van der Waals surface area contributed by atoms with Gasteiger partial charge in [-0.1, -0.05) is 0 Å². The minimum Gasteiger partial charge on any atom is -0.339 e. The summed E-state index contributed by atoms with van der Waals surface area (Å²) in [6, 6.07) is 9.43. The van der Waals surface area contributed by atoms with Crippen molar-refractivity contribution in [3.05, 3.63) is 45.8 Å². The zero-order valence-electron chi connectivity index (χ0n) is 22.0. The van der Waals surface area contributed by atoms with E-state index in [4.69, 9.17) is 10.5 Å². The number of fused-ring (bicyclic) bond motifs is 1. The molecule has 2 aliphatic heterocycles. The van der Waals surface area contributed by atoms with Gasteiger partial charge in [-0.25, -0.2) is 8.42 Å². The van der Waals surface area contributed by atoms with Crippen LogP contribution in [-0.4, -0.2) is 74.1 Å². The number of carbonyl (C=O) groups is 2. The third-order valence-corrected chi connectivity index (χ3v) is 10.1. The molecule has 12 heteroatoms. The maximum atomic E-state index is 13.6. The van der Waals surface area contributed by atoms with Crippen LogP contribution >= 0.6 is 11.3 Å². The Labute approximate surface area is 233 Å². The van der Waals surface area contributed by atoms with E-state index in [1.165, 1.54) is 35.6 Å². The molecular weight excluding hydrogens is 536 g/mol. The first kappa shape index (κ1) is 28.7. The number of anilines is 1. The summed E-state index contributed by atoms with van der Waals surface area (Å²) >= 11 is 1.43. The number of likely N-dealkylation sites (tertiary alicyclic amines) is 1. The van der Waals surface area contributed by atoms with Crippen molar-refractivity contribution in [3.63, 3.8) is 0 Å². The van der Waals surface area contributed by atoms with E-state index in [0.29, 0.717) is 23.7 Å². The molecule has 1 fully saturated rings. The summed E-state index contributed by atoms with van der Waals surface area (Å²) in [6.07, 6.45) is 3.81. The van der Waals surface area contributed by atoms with Crippen LogP contribution in [0.15, 0.2) is 29.2 Å². The van der Waals surface area contributed by atoms with Crippen molar-refractivity contribution < 1.29 is 18.0 Å². The molecule has 2 aliphatic rings. The standard InChI is InChI=1S/C27H32N6O4S2/c1-31-18-11-22-23(19-31)38-26(24(22)27(35)32-14-3-2-4-15-32)30-25(34)20-7-9-21(10-8-20)39(36,37)33(16-5-12-28)17-6-13-29/h7-10H,2-6,11,14-19H2,1H3,(H,30,34). The summed E-state index contributed by atoms with van der Waals surface area (Å²) in [5.41, 5.74) is 1.86. The minimum absolute atomic E-state index is 0.00418. The number of hydrogen-bond acceptors (Lipinski definition) is 8. The molecule has 39 heavy (non-hydrogen) atoms. The maximum Gasteiger partial charge on any atom is 0.257 e. The van der Waals surface area contributed by atoms with Gasteiger partial charge in [-0.15, -0.1) is 11.3 Å². The number of sulfonamides is 1. The van der Waals surface area contributed by atoms with Crippen molar-refractivity contribution in [2.45, 2.75) is 50.0 Å². The Bertz CT molecular complexity index is 1380. The summed E-state index contributed by atoms with van der Waals surface area (Å²) < 4.78 is 27.3. The van der Waals surface area contributed by atoms with Crippen molar-refractivity contribution in [3.8, 4) is 12.1 Å². The number of nitriles is 2. The van der Waals surface area contributed by atoms with Crippen LogP contribution in [0.1, 0.15) is 63.3 Å². The Hall–Kier alpha value is -3.29. The zero-order valence-corrected chi connectivity index (χ0v) is 23.6. The van der Waals surface area contributed by atoms with Gasteiger partial charge in [0.2, 0.25) is 10.0 Å². The predicted molar refractivity (Wildman–Crippen MR) is 148 cm³/mol. The molecule has 0 atom stereocenters. The molecule has 4 rings (SSSR count). The first-order valence-electron chi connectivity index (χ1n) is 13.0. The fourth-order valence-corrected chi connectivity index (χ4v) is 7.66. The van der Waals surface area contributed by atoms with Crippen molar-refractivity contribution >= 4 is 38.2 Å². The van der Waals surface area contributed by atoms with E-state index in [1.807, 2.05) is 24.1 Å². The molecule has 3 heterocycles. The highest BCUT2D eigenvalue weighted by Crippen LogP contribution is 2.38. The maximum absolute atomic E-state index is 13.6. The lowest BCUT2D eigenvalue weighted by atomic mass is 10.0. The number of nitrogens with one attached hydrogen (secondary N) is 1. The number of benzene rings is 1. The third kappa shape index (κ3) is 6.48. The van der Waals surface area contributed by atoms with Crippen LogP contribution in [0.4, 0.5) is 5.00 Å². The number of thiophene rings is 1. The van der Waals surface area contributed by atoms with Gasteiger partial charge in [0.1, 0.15) is 5.00 Å². The summed E-state index contributed by atoms with van der Waals surface area (Å²) in [4.78, 5) is 32.0. The summed E-state index contributed by atoms with van der Waals surface area (Å²) in [5.74, 6) is -0.465. The molecule has 0 bridgehead atoms. The van der Waals surface area contributed by atoms with Crippen LogP contribution in [0.25, 0.3) is 0 Å². The molecule has 1 aromatic heterocycles. The molecule has 206 valence electrons. The van der Waals surface area contributed by atoms with Crippen molar-refractivity contribution in [2.24, 2.45) is 0 Å². The number of likely N-dealkylation sites (N-methyl/N-ethyl adjacent to an activating group) is 1. The van der Waals surface area contributed by atoms with Crippen molar-refractivity contribution in [1.29, 1.82) is 10.5 Å². The lowest BCUT2D eigenvalue weighted by Gasteiger charge is -2.28. The number of amides is 2. The zero-order chi connectivity index (χ0) is 28.0. The Kier molecular flexibility index (Phi) is 9.36. The Morgan fingerprint density at radius 3 is 2.28 bits per heavy atom. The lowest BCUT2D eigenvalue weighted by Crippen LogP contribution is -2.37. The fourth-order valence-electron chi connectivity index (χ4n) is 4.90. The molecule has 0 aliphatic carbocycles. The molecule has 10 nitrogen and oxygen atoms in total. The smallest absolute Gasteiger partial charge is 0.257 e. The largest absolute Gasteiger partial charge is 0.339 e. The molecule has 1 aromatic carbocycles. The first-order chi connectivity index (χ1) is 18.8. The number of rotatable bonds is 9. The van der Waals surface area contributed by atoms with Crippen LogP contribution in [0.3, 0.4) is 0 Å². The van der Waals surface area contributed by atoms with Gasteiger partial charge >= 0.3 is 0 Å². The molecule has 0 unspecified atom stereocenters. The van der Waals surface area contributed by atoms with E-state index in [-0.39, 0.29) is 42.3 Å². The van der Waals surface area contributed by atoms with Gasteiger partial charge in [-0.3, -0.25) is 9.59 Å². The van der Waals surface area contributed by atoms with E-state index in [2.05, 4.69) is 10.2 Å². The molecule has 2 amide bonds. The van der Waals surface area contributed by atoms with Gasteiger partial charge < -0.3 is 15.1 Å². The quantitative estimate of drug-likeness (QED) is 0.489. The summed E-state index contributed by atoms with van der Waals surface area (Å²) in [5, 5.41) is 21.2. The second-order valence-corrected chi connectivity index (χ2v) is 12.8. The van der Waals surface area contributed by atoms with Gasteiger partial charge in [0, 0.05) is 62.6 Å². The fraction of sp³-hybridized carbons (Fsp3) is 0.481. The molecule has 0 spiro atoms. The van der Waals surface area contributed by atoms with Crippen molar-refractivity contribution in [1.82, 2.24) is 14.1 Å². The SMILES string of the molecule is CN1CCc2c(sc(NC(=O)c3ccc(S(=O)(=O)N(CCC#N)CCC#N)cc3)c2C(=O)N2CCCCC2)C1. The molecule has 1 N–H and O–H groups in total. The second-order valence-electron chi connectivity index (χ2n) is 9.75. The molecular formula is C27H32N6O4S2. The average molecular weight is 569 g/mol. The van der Waals surface area contributed by atoms with Gasteiger partial charge in [-0.05, 0) is 62.6 Å². The van der Waals surface area contributed by atoms with Crippen molar-refractivity contribution in [2.75, 3.05) is 45.1 Å². The van der Waals surface area contributed by atoms with E-state index >= 15 is 0 Å². The van der Waals surface area contributed by atoms with Gasteiger partial charge in [0.25, 0.3) is 11.8 Å². The van der Waals surface area contributed by atoms with E-state index in [0.717, 1.165) is 53.5 Å². The highest BCUT2D eigenvalue weighted by Gasteiger charge is 2.31. The van der Waals surface area contributed by atoms with Crippen LogP contribution in [0, 0.1) is 22.7 Å². The number of piperidine rings is 1. The van der Waals surface area contributed by atoms with Crippen LogP contribution < -0.4 is 5.32 Å². The molecule has 0 radical (unpaired) electrons. The Balaban J connectivity index is 1.57. The summed E-state index contributed by atoms with van der Waals surface area (Å²) in [7, 11) is -1.91. The average Bonchev–Trinajstić information content (AvgIpc) is 3.29. The Morgan fingerprint density at radius 2 is 1.67 bits per heavy atom. The predicted octanol–water partition coefficient (Wildman–Crippen LogP) is 3.43. The van der Waals surface area contributed by atoms with E-state index < -0.39 is 15.9 Å². The van der Waals surface area contributed by atoms with Gasteiger partial charge in [-0.2, -0.15) is 14.8 Å². The normalized spacial score (nSPS) is 15.8. The topological polar surface area (TPSA) is 138 Å². The van der Waals surface area contributed by atoms with Crippen LogP contribution in [0.2, 0.25) is 0 Å². The second kappa shape index (κ2) is 12.7. The van der Waals surface area contributed by atoms with E-state index in [1.54, 1.807) is 0 Å². The monoisotopic (exact) mass is 568 g/mol. The number of hydrogen-bond donors (Lipinski definition) is 1. The third-order valence-electron chi connectivity index (χ3n) is 7.03. The highest BCUT2D eigenvalue weighted by atomic mass is 32.2. The first-order valence-corrected chi connectivity index (χ1v) is 15.3. The molecule has 2 aromatic rings. The number of carbonyl (C=O) groups excluding carboxylic acids is 2. The van der Waals surface area contributed by atoms with Crippen LogP contribution in [0.5, 0.6) is 0 Å². The Morgan fingerprint density at radius 1 is 1.03 bits per heavy atom. The molecule has 0 saturated carbocycles. The number of nitrogens with zero attached hydrogens (tertiary/aromatic N) is 5.